The number of anilines is 2. The summed E-state index contributed by atoms with van der Waals surface area (Å²) in [5.41, 5.74) is -2.30. The maximum atomic E-state index is 13.6. The fourth-order valence-corrected chi connectivity index (χ4v) is 7.57. The Morgan fingerprint density at radius 1 is 1.27 bits per heavy atom. The quantitative estimate of drug-likeness (QED) is 0.191. The summed E-state index contributed by atoms with van der Waals surface area (Å²) >= 11 is -0.183. The highest BCUT2D eigenvalue weighted by atomic mass is 32.2. The number of amides is 1. The predicted molar refractivity (Wildman–Crippen MR) is 168 cm³/mol. The van der Waals surface area contributed by atoms with E-state index in [1.807, 2.05) is 31.2 Å². The van der Waals surface area contributed by atoms with Gasteiger partial charge in [0, 0.05) is 54.0 Å². The van der Waals surface area contributed by atoms with E-state index in [0.29, 0.717) is 35.5 Å². The van der Waals surface area contributed by atoms with Crippen molar-refractivity contribution in [2.45, 2.75) is 41.7 Å². The molecule has 2 aromatic heterocycles. The van der Waals surface area contributed by atoms with Gasteiger partial charge in [-0.15, -0.1) is 0 Å². The molecule has 3 fully saturated rings. The molecule has 0 bridgehead atoms. The Labute approximate surface area is 261 Å². The number of piperidine rings is 1. The van der Waals surface area contributed by atoms with Crippen molar-refractivity contribution in [2.75, 3.05) is 55.9 Å². The number of thioether (sulfide) groups is 1. The van der Waals surface area contributed by atoms with E-state index >= 15 is 0 Å². The van der Waals surface area contributed by atoms with Crippen LogP contribution in [-0.4, -0.2) is 87.5 Å². The third-order valence-corrected chi connectivity index (χ3v) is 10.4. The molecule has 1 saturated carbocycles. The zero-order valence-corrected chi connectivity index (χ0v) is 26.3. The smallest absolute Gasteiger partial charge is 0.446 e. The highest BCUT2D eigenvalue weighted by Crippen LogP contribution is 2.52. The number of nitrogens with one attached hydrogen (secondary N) is 3. The predicted octanol–water partition coefficient (Wildman–Crippen LogP) is 4.10. The second-order valence-corrected chi connectivity index (χ2v) is 13.7. The molecule has 3 aromatic rings. The molecular formula is C30H35F3N6O3S2. The van der Waals surface area contributed by atoms with Gasteiger partial charge in [-0.05, 0) is 73.2 Å². The lowest BCUT2D eigenvalue weighted by atomic mass is 10.0. The van der Waals surface area contributed by atoms with E-state index in [1.165, 1.54) is 0 Å². The number of alkyl halides is 3. The SMILES string of the molecule is CNC=O.COc1ccc(C)cc1NCC#Cc1nn2c(NC34CCN(C5CS(=O)C5)CC3C4)cccc2c1SC(F)(F)F. The van der Waals surface area contributed by atoms with E-state index in [4.69, 9.17) is 9.53 Å². The van der Waals surface area contributed by atoms with Crippen molar-refractivity contribution in [3.63, 3.8) is 0 Å². The number of fused-ring (bicyclic) bond motifs is 2. The van der Waals surface area contributed by atoms with Gasteiger partial charge in [0.15, 0.2) is 0 Å². The van der Waals surface area contributed by atoms with E-state index in [2.05, 4.69) is 37.8 Å². The molecule has 14 heteroatoms. The number of aromatic nitrogens is 2. The number of rotatable bonds is 8. The van der Waals surface area contributed by atoms with Gasteiger partial charge in [0.1, 0.15) is 17.3 Å². The number of benzene rings is 1. The summed E-state index contributed by atoms with van der Waals surface area (Å²) in [5.74, 6) is 9.10. The van der Waals surface area contributed by atoms with Crippen molar-refractivity contribution in [2.24, 2.45) is 5.92 Å². The van der Waals surface area contributed by atoms with Gasteiger partial charge in [0.25, 0.3) is 0 Å². The fraction of sp³-hybridized carbons (Fsp3) is 0.467. The lowest BCUT2D eigenvalue weighted by Crippen LogP contribution is -2.54. The third-order valence-electron chi connectivity index (χ3n) is 8.06. The molecule has 9 nitrogen and oxygen atoms in total. The summed E-state index contributed by atoms with van der Waals surface area (Å²) in [7, 11) is 2.47. The molecule has 0 radical (unpaired) electrons. The maximum absolute atomic E-state index is 13.6. The normalized spacial score (nSPS) is 24.0. The number of aryl methyl sites for hydroxylation is 1. The van der Waals surface area contributed by atoms with Crippen molar-refractivity contribution in [1.29, 1.82) is 0 Å². The number of carbonyl (C=O) groups is 1. The van der Waals surface area contributed by atoms with Crippen LogP contribution < -0.4 is 20.7 Å². The van der Waals surface area contributed by atoms with Crippen LogP contribution in [0.2, 0.25) is 0 Å². The monoisotopic (exact) mass is 648 g/mol. The molecular weight excluding hydrogens is 613 g/mol. The maximum Gasteiger partial charge on any atom is 0.446 e. The van der Waals surface area contributed by atoms with Gasteiger partial charge in [-0.3, -0.25) is 13.9 Å². The first-order valence-electron chi connectivity index (χ1n) is 14.2. The second-order valence-electron chi connectivity index (χ2n) is 11.1. The second kappa shape index (κ2) is 13.3. The van der Waals surface area contributed by atoms with Gasteiger partial charge in [0.2, 0.25) is 6.41 Å². The molecule has 1 aromatic carbocycles. The molecule has 2 atom stereocenters. The first kappa shape index (κ1) is 32.0. The Balaban J connectivity index is 0.000000906. The van der Waals surface area contributed by atoms with E-state index in [9.17, 15) is 17.4 Å². The summed E-state index contributed by atoms with van der Waals surface area (Å²) in [6.07, 6.45) is 2.56. The van der Waals surface area contributed by atoms with Gasteiger partial charge in [0.05, 0.1) is 29.8 Å². The van der Waals surface area contributed by atoms with Crippen LogP contribution >= 0.6 is 11.8 Å². The minimum absolute atomic E-state index is 0.00515. The van der Waals surface area contributed by atoms with Crippen LogP contribution in [0.5, 0.6) is 5.75 Å². The number of likely N-dealkylation sites (tertiary alicyclic amines) is 1. The fourth-order valence-electron chi connectivity index (χ4n) is 5.70. The molecule has 4 heterocycles. The van der Waals surface area contributed by atoms with Gasteiger partial charge in [-0.1, -0.05) is 18.1 Å². The van der Waals surface area contributed by atoms with E-state index < -0.39 is 16.3 Å². The Kier molecular flexibility index (Phi) is 9.67. The average Bonchev–Trinajstić information content (AvgIpc) is 3.58. The zero-order chi connectivity index (χ0) is 31.5. The zero-order valence-electron chi connectivity index (χ0n) is 24.7. The summed E-state index contributed by atoms with van der Waals surface area (Å²) in [6.45, 7) is 4.05. The molecule has 2 saturated heterocycles. The first-order chi connectivity index (χ1) is 21.1. The molecule has 0 spiro atoms. The topological polar surface area (TPSA) is 100 Å². The summed E-state index contributed by atoms with van der Waals surface area (Å²) < 4.78 is 59.2. The summed E-state index contributed by atoms with van der Waals surface area (Å²) in [5, 5.41) is 13.6. The summed E-state index contributed by atoms with van der Waals surface area (Å²) in [6, 6.07) is 11.4. The van der Waals surface area contributed by atoms with E-state index in [0.717, 1.165) is 48.7 Å². The van der Waals surface area contributed by atoms with Crippen LogP contribution in [0.15, 0.2) is 41.3 Å². The first-order valence-corrected chi connectivity index (χ1v) is 16.5. The van der Waals surface area contributed by atoms with Crippen molar-refractivity contribution in [3.05, 3.63) is 47.7 Å². The molecule has 236 valence electrons. The lowest BCUT2D eigenvalue weighted by Gasteiger charge is -2.41. The lowest BCUT2D eigenvalue weighted by molar-refractivity contribution is -0.109. The Bertz CT molecular complexity index is 1600. The molecule has 3 aliphatic rings. The van der Waals surface area contributed by atoms with Crippen LogP contribution in [0.1, 0.15) is 24.1 Å². The number of carbonyl (C=O) groups excluding carboxylic acids is 1. The van der Waals surface area contributed by atoms with Crippen LogP contribution in [0.25, 0.3) is 5.52 Å². The number of halogens is 3. The van der Waals surface area contributed by atoms with Crippen LogP contribution in [0.3, 0.4) is 0 Å². The third kappa shape index (κ3) is 7.27. The Hall–Kier alpha value is -3.41. The van der Waals surface area contributed by atoms with Gasteiger partial charge in [-0.25, -0.2) is 4.52 Å². The largest absolute Gasteiger partial charge is 0.495 e. The Morgan fingerprint density at radius 3 is 2.70 bits per heavy atom. The molecule has 3 N–H and O–H groups in total. The molecule has 2 aliphatic heterocycles. The van der Waals surface area contributed by atoms with E-state index in [-0.39, 0.29) is 34.4 Å². The van der Waals surface area contributed by atoms with Gasteiger partial charge >= 0.3 is 5.51 Å². The summed E-state index contributed by atoms with van der Waals surface area (Å²) in [4.78, 5) is 11.5. The Morgan fingerprint density at radius 2 is 2.05 bits per heavy atom. The number of pyridine rings is 1. The molecule has 2 unspecified atom stereocenters. The van der Waals surface area contributed by atoms with Crippen LogP contribution in [-0.2, 0) is 15.6 Å². The number of hydrogen-bond acceptors (Lipinski definition) is 8. The number of nitrogens with zero attached hydrogens (tertiary/aromatic N) is 3. The number of hydrogen-bond donors (Lipinski definition) is 3. The minimum atomic E-state index is -4.48. The van der Waals surface area contributed by atoms with Crippen molar-refractivity contribution in [1.82, 2.24) is 19.8 Å². The van der Waals surface area contributed by atoms with Crippen molar-refractivity contribution < 1.29 is 26.9 Å². The molecule has 44 heavy (non-hydrogen) atoms. The highest BCUT2D eigenvalue weighted by molar-refractivity contribution is 8.00. The van der Waals surface area contributed by atoms with E-state index in [1.54, 1.807) is 30.8 Å². The van der Waals surface area contributed by atoms with Crippen molar-refractivity contribution in [3.8, 4) is 17.6 Å². The molecule has 1 amide bonds. The molecule has 1 aliphatic carbocycles. The average molecular weight is 649 g/mol. The number of methoxy groups -OCH3 is 1. The number of ether oxygens (including phenoxy) is 1. The molecule has 6 rings (SSSR count). The van der Waals surface area contributed by atoms with Crippen molar-refractivity contribution >= 4 is 46.0 Å². The van der Waals surface area contributed by atoms with Gasteiger partial charge < -0.3 is 20.7 Å². The van der Waals surface area contributed by atoms with Crippen LogP contribution in [0.4, 0.5) is 24.7 Å². The minimum Gasteiger partial charge on any atom is -0.495 e. The standard InChI is InChI=1S/C28H30F3N5O2S2.C2H5NO/c1-18-8-9-24(38-2)22(13-18)32-11-4-5-21-26(39-28(29,30)31)23-6-3-7-25(36(23)34-21)33-27-10-12-35(15-19(27)14-27)20-16-40(37)17-20;1-3-2-4/h3,6-9,13,19-20,32-33H,10-12,14-17H2,1-2H3;2H,1H3,(H,3,4). The van der Waals surface area contributed by atoms with Crippen LogP contribution in [0, 0.1) is 24.7 Å². The van der Waals surface area contributed by atoms with Gasteiger partial charge in [-0.2, -0.15) is 18.3 Å². The highest BCUT2D eigenvalue weighted by Gasteiger charge is 2.58.